The van der Waals surface area contributed by atoms with E-state index in [-0.39, 0.29) is 6.03 Å². The molecule has 0 radical (unpaired) electrons. The maximum absolute atomic E-state index is 11.5. The summed E-state index contributed by atoms with van der Waals surface area (Å²) in [6.45, 7) is 1.98. The number of rotatable bonds is 3. The van der Waals surface area contributed by atoms with Crippen molar-refractivity contribution < 1.29 is 9.53 Å². The summed E-state index contributed by atoms with van der Waals surface area (Å²) in [5.41, 5.74) is 1.80. The number of amides is 2. The third-order valence-electron chi connectivity index (χ3n) is 2.62. The number of aromatic nitrogens is 1. The molecule has 104 valence electrons. The molecule has 1 N–H and O–H groups in total. The van der Waals surface area contributed by atoms with E-state index in [9.17, 15) is 4.79 Å². The minimum atomic E-state index is -0.168. The van der Waals surface area contributed by atoms with Gasteiger partial charge in [0.15, 0.2) is 0 Å². The van der Waals surface area contributed by atoms with Crippen molar-refractivity contribution in [2.24, 2.45) is 0 Å². The lowest BCUT2D eigenvalue weighted by molar-refractivity contribution is 0.230. The molecule has 20 heavy (non-hydrogen) atoms. The van der Waals surface area contributed by atoms with E-state index >= 15 is 0 Å². The van der Waals surface area contributed by atoms with Gasteiger partial charge in [0.05, 0.1) is 0 Å². The molecule has 0 spiro atoms. The fourth-order valence-electron chi connectivity index (χ4n) is 1.53. The van der Waals surface area contributed by atoms with Crippen LogP contribution in [-0.2, 0) is 0 Å². The largest absolute Gasteiger partial charge is 0.439 e. The number of aryl methyl sites for hydroxylation is 1. The van der Waals surface area contributed by atoms with Crippen LogP contribution >= 0.6 is 0 Å². The summed E-state index contributed by atoms with van der Waals surface area (Å²) in [5.74, 6) is 1.22. The highest BCUT2D eigenvalue weighted by Gasteiger charge is 2.04. The average molecular weight is 271 g/mol. The zero-order chi connectivity index (χ0) is 14.5. The number of ether oxygens (including phenoxy) is 1. The average Bonchev–Trinajstić information content (AvgIpc) is 2.41. The first-order chi connectivity index (χ1) is 9.54. The summed E-state index contributed by atoms with van der Waals surface area (Å²) in [7, 11) is 3.38. The summed E-state index contributed by atoms with van der Waals surface area (Å²) in [4.78, 5) is 17.1. The second-order valence-electron chi connectivity index (χ2n) is 4.62. The Morgan fingerprint density at radius 3 is 2.50 bits per heavy atom. The lowest BCUT2D eigenvalue weighted by atomic mass is 10.3. The van der Waals surface area contributed by atoms with Crippen LogP contribution in [-0.4, -0.2) is 30.0 Å². The number of anilines is 1. The minimum Gasteiger partial charge on any atom is -0.439 e. The van der Waals surface area contributed by atoms with Gasteiger partial charge in [-0.2, -0.15) is 0 Å². The molecule has 0 saturated carbocycles. The van der Waals surface area contributed by atoms with E-state index in [4.69, 9.17) is 4.74 Å². The van der Waals surface area contributed by atoms with Crippen LogP contribution in [0.4, 0.5) is 10.5 Å². The van der Waals surface area contributed by atoms with Crippen LogP contribution in [0.2, 0.25) is 0 Å². The molecule has 0 bridgehead atoms. The Morgan fingerprint density at radius 1 is 1.20 bits per heavy atom. The molecule has 2 amide bonds. The van der Waals surface area contributed by atoms with E-state index in [0.717, 1.165) is 5.56 Å². The number of carbonyl (C=O) groups is 1. The summed E-state index contributed by atoms with van der Waals surface area (Å²) in [6, 6.07) is 10.7. The smallest absolute Gasteiger partial charge is 0.321 e. The van der Waals surface area contributed by atoms with Crippen LogP contribution in [0, 0.1) is 6.92 Å². The number of hydrogen-bond acceptors (Lipinski definition) is 3. The molecule has 2 rings (SSSR count). The van der Waals surface area contributed by atoms with Crippen molar-refractivity contribution in [3.05, 3.63) is 48.2 Å². The van der Waals surface area contributed by atoms with Gasteiger partial charge in [-0.05, 0) is 42.8 Å². The van der Waals surface area contributed by atoms with E-state index in [1.165, 1.54) is 4.90 Å². The van der Waals surface area contributed by atoms with Gasteiger partial charge in [-0.3, -0.25) is 0 Å². The van der Waals surface area contributed by atoms with Gasteiger partial charge in [0.2, 0.25) is 5.88 Å². The zero-order valence-electron chi connectivity index (χ0n) is 11.8. The molecule has 0 fully saturated rings. The quantitative estimate of drug-likeness (QED) is 0.932. The second-order valence-corrected chi connectivity index (χ2v) is 4.62. The topological polar surface area (TPSA) is 54.5 Å². The molecular weight excluding hydrogens is 254 g/mol. The lowest BCUT2D eigenvalue weighted by Gasteiger charge is -2.12. The summed E-state index contributed by atoms with van der Waals surface area (Å²) >= 11 is 0. The van der Waals surface area contributed by atoms with Crippen LogP contribution < -0.4 is 10.1 Å². The molecule has 2 aromatic rings. The Bertz CT molecular complexity index is 594. The zero-order valence-corrected chi connectivity index (χ0v) is 11.8. The predicted molar refractivity (Wildman–Crippen MR) is 78.2 cm³/mol. The van der Waals surface area contributed by atoms with Gasteiger partial charge in [0, 0.05) is 32.0 Å². The van der Waals surface area contributed by atoms with E-state index in [1.807, 2.05) is 19.1 Å². The molecule has 5 nitrogen and oxygen atoms in total. The van der Waals surface area contributed by atoms with Crippen molar-refractivity contribution in [2.45, 2.75) is 6.92 Å². The Morgan fingerprint density at radius 2 is 1.90 bits per heavy atom. The number of nitrogens with one attached hydrogen (secondary N) is 1. The molecule has 0 atom stereocenters. The van der Waals surface area contributed by atoms with E-state index < -0.39 is 0 Å². The monoisotopic (exact) mass is 271 g/mol. The molecule has 5 heteroatoms. The first-order valence-electron chi connectivity index (χ1n) is 6.23. The standard InChI is InChI=1S/C15H17N3O2/c1-11-8-9-16-14(10-11)20-13-6-4-12(5-7-13)17-15(19)18(2)3/h4-10H,1-3H3,(H,17,19). The van der Waals surface area contributed by atoms with E-state index in [1.54, 1.807) is 44.6 Å². The Balaban J connectivity index is 2.03. The predicted octanol–water partition coefficient (Wildman–Crippen LogP) is 3.28. The van der Waals surface area contributed by atoms with Crippen LogP contribution in [0.25, 0.3) is 0 Å². The molecule has 0 aliphatic heterocycles. The SMILES string of the molecule is Cc1ccnc(Oc2ccc(NC(=O)N(C)C)cc2)c1. The van der Waals surface area contributed by atoms with Crippen LogP contribution in [0.3, 0.4) is 0 Å². The second kappa shape index (κ2) is 6.06. The molecule has 1 heterocycles. The van der Waals surface area contributed by atoms with Gasteiger partial charge in [-0.25, -0.2) is 9.78 Å². The van der Waals surface area contributed by atoms with Crippen LogP contribution in [0.15, 0.2) is 42.6 Å². The summed E-state index contributed by atoms with van der Waals surface area (Å²) in [6.07, 6.45) is 1.70. The van der Waals surface area contributed by atoms with Gasteiger partial charge in [0.25, 0.3) is 0 Å². The highest BCUT2D eigenvalue weighted by molar-refractivity contribution is 5.88. The maximum Gasteiger partial charge on any atom is 0.321 e. The fourth-order valence-corrected chi connectivity index (χ4v) is 1.53. The molecule has 0 aliphatic rings. The van der Waals surface area contributed by atoms with Gasteiger partial charge in [-0.15, -0.1) is 0 Å². The van der Waals surface area contributed by atoms with Crippen molar-refractivity contribution in [1.82, 2.24) is 9.88 Å². The molecular formula is C15H17N3O2. The van der Waals surface area contributed by atoms with Crippen molar-refractivity contribution in [1.29, 1.82) is 0 Å². The number of carbonyl (C=O) groups excluding carboxylic acids is 1. The molecule has 0 saturated heterocycles. The minimum absolute atomic E-state index is 0.168. The van der Waals surface area contributed by atoms with Crippen molar-refractivity contribution in [3.63, 3.8) is 0 Å². The first-order valence-corrected chi connectivity index (χ1v) is 6.23. The normalized spacial score (nSPS) is 9.95. The fraction of sp³-hybridized carbons (Fsp3) is 0.200. The highest BCUT2D eigenvalue weighted by atomic mass is 16.5. The van der Waals surface area contributed by atoms with Gasteiger partial charge in [-0.1, -0.05) is 0 Å². The number of urea groups is 1. The van der Waals surface area contributed by atoms with E-state index in [2.05, 4.69) is 10.3 Å². The third kappa shape index (κ3) is 3.71. The first kappa shape index (κ1) is 13.9. The number of pyridine rings is 1. The van der Waals surface area contributed by atoms with Crippen LogP contribution in [0.1, 0.15) is 5.56 Å². The maximum atomic E-state index is 11.5. The number of hydrogen-bond donors (Lipinski definition) is 1. The van der Waals surface area contributed by atoms with Crippen molar-refractivity contribution in [3.8, 4) is 11.6 Å². The number of benzene rings is 1. The highest BCUT2D eigenvalue weighted by Crippen LogP contribution is 2.21. The van der Waals surface area contributed by atoms with Gasteiger partial charge < -0.3 is 15.0 Å². The van der Waals surface area contributed by atoms with E-state index in [0.29, 0.717) is 17.3 Å². The van der Waals surface area contributed by atoms with Crippen molar-refractivity contribution in [2.75, 3.05) is 19.4 Å². The third-order valence-corrected chi connectivity index (χ3v) is 2.62. The Kier molecular flexibility index (Phi) is 4.20. The van der Waals surface area contributed by atoms with Crippen molar-refractivity contribution >= 4 is 11.7 Å². The molecule has 0 unspecified atom stereocenters. The van der Waals surface area contributed by atoms with Gasteiger partial charge >= 0.3 is 6.03 Å². The summed E-state index contributed by atoms with van der Waals surface area (Å²) < 4.78 is 5.63. The molecule has 0 aliphatic carbocycles. The molecule has 1 aromatic heterocycles. The van der Waals surface area contributed by atoms with Gasteiger partial charge in [0.1, 0.15) is 5.75 Å². The lowest BCUT2D eigenvalue weighted by Crippen LogP contribution is -2.27. The van der Waals surface area contributed by atoms with Crippen LogP contribution in [0.5, 0.6) is 11.6 Å². The summed E-state index contributed by atoms with van der Waals surface area (Å²) in [5, 5.41) is 2.76. The Labute approximate surface area is 118 Å². The Hall–Kier alpha value is -2.56. The molecule has 1 aromatic carbocycles. The number of nitrogens with zero attached hydrogens (tertiary/aromatic N) is 2.